The molecule has 0 unspecified atom stereocenters. The van der Waals surface area contributed by atoms with Crippen LogP contribution in [0.2, 0.25) is 0 Å². The molecule has 3 aromatic rings. The van der Waals surface area contributed by atoms with Crippen LogP contribution in [0.4, 0.5) is 0 Å². The molecule has 2 heterocycles. The van der Waals surface area contributed by atoms with Crippen LogP contribution in [0.25, 0.3) is 22.6 Å². The van der Waals surface area contributed by atoms with E-state index in [-0.39, 0.29) is 5.52 Å². The molecule has 0 aliphatic rings. The quantitative estimate of drug-likeness (QED) is 0.729. The van der Waals surface area contributed by atoms with Gasteiger partial charge in [0.15, 0.2) is 5.65 Å². The van der Waals surface area contributed by atoms with E-state index in [1.165, 1.54) is 4.57 Å². The Morgan fingerprint density at radius 2 is 2.14 bits per heavy atom. The van der Waals surface area contributed by atoms with Gasteiger partial charge in [0.25, 0.3) is 5.56 Å². The number of rotatable bonds is 2. The molecule has 1 aromatic carbocycles. The molecule has 0 radical (unpaired) electrons. The number of nitrogens with one attached hydrogen (secondary N) is 2. The topological polar surface area (TPSA) is 107 Å². The maximum Gasteiger partial charge on any atom is 0.330 e. The average Bonchev–Trinajstić information content (AvgIpc) is 2.93. The molecule has 104 valence electrons. The molecule has 0 atom stereocenters. The van der Waals surface area contributed by atoms with Crippen molar-refractivity contribution in [2.45, 2.75) is 13.5 Å². The molecule has 7 heteroatoms. The van der Waals surface area contributed by atoms with Crippen LogP contribution in [-0.4, -0.2) is 19.5 Å². The molecule has 0 fully saturated rings. The van der Waals surface area contributed by atoms with Crippen molar-refractivity contribution in [2.75, 3.05) is 0 Å². The van der Waals surface area contributed by atoms with Gasteiger partial charge in [-0.1, -0.05) is 12.1 Å². The van der Waals surface area contributed by atoms with Crippen LogP contribution in [0.3, 0.4) is 0 Å². The van der Waals surface area contributed by atoms with Crippen molar-refractivity contribution < 1.29 is 0 Å². The highest BCUT2D eigenvalue weighted by Gasteiger charge is 2.13. The molecule has 0 saturated carbocycles. The molecule has 0 bridgehead atoms. The van der Waals surface area contributed by atoms with E-state index in [0.717, 1.165) is 0 Å². The Labute approximate surface area is 118 Å². The van der Waals surface area contributed by atoms with E-state index < -0.39 is 11.2 Å². The summed E-state index contributed by atoms with van der Waals surface area (Å²) in [6.07, 6.45) is 0. The molecule has 2 N–H and O–H groups in total. The number of fused-ring (bicyclic) bond motifs is 1. The van der Waals surface area contributed by atoms with Gasteiger partial charge in [0.1, 0.15) is 11.3 Å². The van der Waals surface area contributed by atoms with Crippen molar-refractivity contribution in [3.63, 3.8) is 0 Å². The number of H-pyrrole nitrogens is 2. The highest BCUT2D eigenvalue weighted by Crippen LogP contribution is 2.19. The number of hydrogen-bond acceptors (Lipinski definition) is 4. The van der Waals surface area contributed by atoms with Crippen LogP contribution in [0.15, 0.2) is 33.9 Å². The third-order valence-corrected chi connectivity index (χ3v) is 3.21. The van der Waals surface area contributed by atoms with Crippen molar-refractivity contribution in [2.24, 2.45) is 0 Å². The molecule has 0 aliphatic heterocycles. The highest BCUT2D eigenvalue weighted by atomic mass is 16.2. The van der Waals surface area contributed by atoms with E-state index in [9.17, 15) is 9.59 Å². The van der Waals surface area contributed by atoms with E-state index in [2.05, 4.69) is 15.0 Å². The Morgan fingerprint density at radius 3 is 2.86 bits per heavy atom. The predicted octanol–water partition coefficient (Wildman–Crippen LogP) is 0.971. The van der Waals surface area contributed by atoms with E-state index in [1.54, 1.807) is 31.2 Å². The van der Waals surface area contributed by atoms with Gasteiger partial charge in [-0.3, -0.25) is 14.3 Å². The largest absolute Gasteiger partial charge is 0.332 e. The molecular weight excluding hydrogens is 270 g/mol. The molecule has 0 spiro atoms. The zero-order valence-electron chi connectivity index (χ0n) is 11.2. The van der Waals surface area contributed by atoms with Crippen LogP contribution >= 0.6 is 0 Å². The van der Waals surface area contributed by atoms with Crippen molar-refractivity contribution >= 4 is 11.2 Å². The summed E-state index contributed by atoms with van der Waals surface area (Å²) in [5.41, 5.74) is 0.737. The lowest BCUT2D eigenvalue weighted by atomic mass is 10.1. The maximum absolute atomic E-state index is 11.8. The van der Waals surface area contributed by atoms with Crippen LogP contribution in [0.1, 0.15) is 12.5 Å². The van der Waals surface area contributed by atoms with Crippen LogP contribution in [-0.2, 0) is 6.54 Å². The standard InChI is InChI=1S/C14H11N5O2/c1-2-19-12-10(13(20)18-14(19)21)16-11(17-12)9-5-3-4-8(6-9)7-15/h3-6H,2H2,1H3,(H,16,17)(H,18,20,21). The summed E-state index contributed by atoms with van der Waals surface area (Å²) in [6.45, 7) is 2.19. The van der Waals surface area contributed by atoms with Crippen LogP contribution in [0.5, 0.6) is 0 Å². The molecular formula is C14H11N5O2. The monoisotopic (exact) mass is 281 g/mol. The SMILES string of the molecule is CCn1c(=O)[nH]c(=O)c2[nH]c(-c3cccc(C#N)c3)nc21. The lowest BCUT2D eigenvalue weighted by molar-refractivity contribution is 0.720. The zero-order chi connectivity index (χ0) is 15.0. The van der Waals surface area contributed by atoms with Gasteiger partial charge in [0.2, 0.25) is 0 Å². The molecule has 0 saturated heterocycles. The lowest BCUT2D eigenvalue weighted by Crippen LogP contribution is -2.29. The minimum atomic E-state index is -0.505. The molecule has 7 nitrogen and oxygen atoms in total. The molecule has 0 amide bonds. The number of nitriles is 1. The second-order valence-electron chi connectivity index (χ2n) is 4.48. The second kappa shape index (κ2) is 4.76. The number of hydrogen-bond donors (Lipinski definition) is 2. The number of aromatic nitrogens is 4. The Bertz CT molecular complexity index is 987. The summed E-state index contributed by atoms with van der Waals surface area (Å²) in [5, 5.41) is 8.93. The first-order valence-corrected chi connectivity index (χ1v) is 6.37. The minimum absolute atomic E-state index is 0.244. The third kappa shape index (κ3) is 2.03. The first kappa shape index (κ1) is 12.9. The van der Waals surface area contributed by atoms with Gasteiger partial charge in [-0.15, -0.1) is 0 Å². The zero-order valence-corrected chi connectivity index (χ0v) is 11.2. The Balaban J connectivity index is 2.31. The molecule has 21 heavy (non-hydrogen) atoms. The van der Waals surface area contributed by atoms with Crippen LogP contribution < -0.4 is 11.2 Å². The number of nitrogens with zero attached hydrogens (tertiary/aromatic N) is 3. The number of imidazole rings is 1. The summed E-state index contributed by atoms with van der Waals surface area (Å²) in [7, 11) is 0. The first-order chi connectivity index (χ1) is 10.1. The van der Waals surface area contributed by atoms with Gasteiger partial charge in [0.05, 0.1) is 11.6 Å². The van der Waals surface area contributed by atoms with Crippen molar-refractivity contribution in [1.82, 2.24) is 19.5 Å². The molecule has 2 aromatic heterocycles. The lowest BCUT2D eigenvalue weighted by Gasteiger charge is -1.99. The van der Waals surface area contributed by atoms with Crippen molar-refractivity contribution in [1.29, 1.82) is 5.26 Å². The van der Waals surface area contributed by atoms with E-state index in [4.69, 9.17) is 5.26 Å². The number of aromatic amines is 2. The Morgan fingerprint density at radius 1 is 1.33 bits per heavy atom. The first-order valence-electron chi connectivity index (χ1n) is 6.37. The fourth-order valence-electron chi connectivity index (χ4n) is 2.21. The summed E-state index contributed by atoms with van der Waals surface area (Å²) in [6, 6.07) is 8.91. The van der Waals surface area contributed by atoms with E-state index >= 15 is 0 Å². The molecule has 3 rings (SSSR count). The van der Waals surface area contributed by atoms with E-state index in [1.807, 2.05) is 6.07 Å². The third-order valence-electron chi connectivity index (χ3n) is 3.21. The smallest absolute Gasteiger partial charge is 0.330 e. The van der Waals surface area contributed by atoms with Crippen molar-refractivity contribution in [3.05, 3.63) is 50.7 Å². The van der Waals surface area contributed by atoms with Gasteiger partial charge in [-0.2, -0.15) is 5.26 Å². The fraction of sp³-hybridized carbons (Fsp3) is 0.143. The fourth-order valence-corrected chi connectivity index (χ4v) is 2.21. The van der Waals surface area contributed by atoms with Gasteiger partial charge < -0.3 is 4.98 Å². The summed E-state index contributed by atoms with van der Waals surface area (Å²) >= 11 is 0. The van der Waals surface area contributed by atoms with Crippen molar-refractivity contribution in [3.8, 4) is 17.5 Å². The van der Waals surface area contributed by atoms with Gasteiger partial charge >= 0.3 is 5.69 Å². The molecule has 0 aliphatic carbocycles. The average molecular weight is 281 g/mol. The van der Waals surface area contributed by atoms with Gasteiger partial charge in [-0.05, 0) is 19.1 Å². The Hall–Kier alpha value is -3.14. The highest BCUT2D eigenvalue weighted by molar-refractivity contribution is 5.75. The summed E-state index contributed by atoms with van der Waals surface area (Å²) in [5.74, 6) is 0.445. The summed E-state index contributed by atoms with van der Waals surface area (Å²) in [4.78, 5) is 33.1. The summed E-state index contributed by atoms with van der Waals surface area (Å²) < 4.78 is 1.38. The normalized spacial score (nSPS) is 10.7. The maximum atomic E-state index is 11.8. The number of benzene rings is 1. The van der Waals surface area contributed by atoms with Gasteiger partial charge in [0, 0.05) is 12.1 Å². The second-order valence-corrected chi connectivity index (χ2v) is 4.48. The predicted molar refractivity (Wildman–Crippen MR) is 76.8 cm³/mol. The number of aryl methyl sites for hydroxylation is 1. The Kier molecular flexibility index (Phi) is 2.92. The van der Waals surface area contributed by atoms with E-state index in [0.29, 0.717) is 29.1 Å². The van der Waals surface area contributed by atoms with Gasteiger partial charge in [-0.25, -0.2) is 9.78 Å². The van der Waals surface area contributed by atoms with Crippen LogP contribution in [0, 0.1) is 11.3 Å². The minimum Gasteiger partial charge on any atom is -0.332 e.